The molecular weight excluding hydrogens is 260 g/mol. The number of hydrogen-bond donors (Lipinski definition) is 1. The van der Waals surface area contributed by atoms with E-state index in [4.69, 9.17) is 22.7 Å². The van der Waals surface area contributed by atoms with Gasteiger partial charge in [0, 0.05) is 32.5 Å². The lowest BCUT2D eigenvalue weighted by molar-refractivity contribution is -0.137. The number of hydrogen-bond acceptors (Lipinski definition) is 3. The van der Waals surface area contributed by atoms with E-state index in [1.807, 2.05) is 4.90 Å². The fourth-order valence-electron chi connectivity index (χ4n) is 3.56. The van der Waals surface area contributed by atoms with Crippen LogP contribution in [0, 0.1) is 17.8 Å². The van der Waals surface area contributed by atoms with Crippen LogP contribution < -0.4 is 5.73 Å². The van der Waals surface area contributed by atoms with Gasteiger partial charge in [-0.3, -0.25) is 4.79 Å². The summed E-state index contributed by atoms with van der Waals surface area (Å²) in [5.74, 6) is 1.94. The molecule has 2 saturated carbocycles. The van der Waals surface area contributed by atoms with Crippen LogP contribution in [0.15, 0.2) is 0 Å². The molecule has 0 aromatic carbocycles. The van der Waals surface area contributed by atoms with Gasteiger partial charge in [0.2, 0.25) is 5.91 Å². The maximum Gasteiger partial charge on any atom is 0.226 e. The van der Waals surface area contributed by atoms with Gasteiger partial charge in [0.1, 0.15) is 0 Å². The average molecular weight is 284 g/mol. The molecule has 3 atom stereocenters. The number of nitrogens with two attached hydrogens (primary N) is 1. The van der Waals surface area contributed by atoms with Crippen LogP contribution in [-0.4, -0.2) is 42.6 Å². The fourth-order valence-corrected chi connectivity index (χ4v) is 3.65. The molecule has 0 aromatic heterocycles. The minimum absolute atomic E-state index is 0.238. The number of methoxy groups -OCH3 is 1. The Labute approximate surface area is 120 Å². The van der Waals surface area contributed by atoms with Crippen LogP contribution in [0.1, 0.15) is 32.1 Å². The monoisotopic (exact) mass is 284 g/mol. The molecule has 0 spiro atoms. The van der Waals surface area contributed by atoms with Crippen molar-refractivity contribution in [2.75, 3.05) is 26.8 Å². The normalized spacial score (nSPS) is 28.6. The molecule has 2 aliphatic carbocycles. The van der Waals surface area contributed by atoms with Crippen molar-refractivity contribution in [1.82, 2.24) is 4.90 Å². The first-order chi connectivity index (χ1) is 9.11. The van der Waals surface area contributed by atoms with Crippen LogP contribution in [0.2, 0.25) is 0 Å². The Balaban J connectivity index is 1.92. The average Bonchev–Trinajstić information content (AvgIpc) is 3.00. The molecule has 5 heteroatoms. The zero-order chi connectivity index (χ0) is 13.8. The van der Waals surface area contributed by atoms with Crippen LogP contribution >= 0.6 is 12.2 Å². The standard InChI is InChI=1S/C14H24N2O2S/c1-18-7-6-16(5-4-13(15)19)14(17)12-9-10-2-3-11(12)8-10/h10-12H,2-9H2,1H3,(H2,15,19). The molecule has 0 aromatic rings. The van der Waals surface area contributed by atoms with E-state index in [0.29, 0.717) is 42.9 Å². The Kier molecular flexibility index (Phi) is 5.16. The van der Waals surface area contributed by atoms with E-state index in [1.165, 1.54) is 19.3 Å². The van der Waals surface area contributed by atoms with Crippen molar-refractivity contribution in [3.63, 3.8) is 0 Å². The smallest absolute Gasteiger partial charge is 0.226 e. The third kappa shape index (κ3) is 3.66. The summed E-state index contributed by atoms with van der Waals surface area (Å²) < 4.78 is 5.10. The molecule has 4 nitrogen and oxygen atoms in total. The highest BCUT2D eigenvalue weighted by atomic mass is 32.1. The molecule has 2 fully saturated rings. The van der Waals surface area contributed by atoms with E-state index >= 15 is 0 Å². The number of amides is 1. The van der Waals surface area contributed by atoms with Gasteiger partial charge in [0.05, 0.1) is 11.6 Å². The first-order valence-electron chi connectivity index (χ1n) is 7.17. The topological polar surface area (TPSA) is 55.6 Å². The van der Waals surface area contributed by atoms with Crippen LogP contribution in [0.25, 0.3) is 0 Å². The second-order valence-corrected chi connectivity index (χ2v) is 6.34. The van der Waals surface area contributed by atoms with Gasteiger partial charge in [-0.05, 0) is 31.1 Å². The quantitative estimate of drug-likeness (QED) is 0.721. The molecule has 2 bridgehead atoms. The van der Waals surface area contributed by atoms with Gasteiger partial charge in [-0.1, -0.05) is 18.6 Å². The molecule has 0 heterocycles. The van der Waals surface area contributed by atoms with Crippen molar-refractivity contribution in [1.29, 1.82) is 0 Å². The van der Waals surface area contributed by atoms with E-state index in [9.17, 15) is 4.79 Å². The lowest BCUT2D eigenvalue weighted by Gasteiger charge is -2.29. The molecule has 0 saturated heterocycles. The first kappa shape index (κ1) is 14.7. The van der Waals surface area contributed by atoms with Crippen molar-refractivity contribution in [3.05, 3.63) is 0 Å². The summed E-state index contributed by atoms with van der Waals surface area (Å²) in [5, 5.41) is 0. The Morgan fingerprint density at radius 1 is 1.37 bits per heavy atom. The van der Waals surface area contributed by atoms with Crippen LogP contribution in [0.5, 0.6) is 0 Å². The molecule has 108 valence electrons. The number of thiocarbonyl (C=S) groups is 1. The molecule has 1 amide bonds. The Hall–Kier alpha value is -0.680. The third-order valence-corrected chi connectivity index (χ3v) is 4.76. The lowest BCUT2D eigenvalue weighted by atomic mass is 9.87. The molecule has 3 unspecified atom stereocenters. The predicted octanol–water partition coefficient (Wildman–Crippen LogP) is 1.57. The van der Waals surface area contributed by atoms with Gasteiger partial charge in [-0.2, -0.15) is 0 Å². The maximum atomic E-state index is 12.6. The number of ether oxygens (including phenoxy) is 1. The predicted molar refractivity (Wildman–Crippen MR) is 78.8 cm³/mol. The van der Waals surface area contributed by atoms with Crippen molar-refractivity contribution in [2.45, 2.75) is 32.1 Å². The van der Waals surface area contributed by atoms with Crippen molar-refractivity contribution in [2.24, 2.45) is 23.5 Å². The summed E-state index contributed by atoms with van der Waals surface area (Å²) in [7, 11) is 1.66. The van der Waals surface area contributed by atoms with Crippen LogP contribution in [0.4, 0.5) is 0 Å². The summed E-state index contributed by atoms with van der Waals surface area (Å²) in [6.45, 7) is 1.85. The Morgan fingerprint density at radius 2 is 2.16 bits per heavy atom. The second kappa shape index (κ2) is 6.66. The zero-order valence-electron chi connectivity index (χ0n) is 11.6. The Morgan fingerprint density at radius 3 is 2.68 bits per heavy atom. The summed E-state index contributed by atoms with van der Waals surface area (Å²) in [4.78, 5) is 15.0. The van der Waals surface area contributed by atoms with Gasteiger partial charge in [-0.15, -0.1) is 0 Å². The van der Waals surface area contributed by atoms with E-state index < -0.39 is 0 Å². The largest absolute Gasteiger partial charge is 0.393 e. The maximum absolute atomic E-state index is 12.6. The first-order valence-corrected chi connectivity index (χ1v) is 7.58. The second-order valence-electron chi connectivity index (χ2n) is 5.82. The summed E-state index contributed by atoms with van der Waals surface area (Å²) in [6, 6.07) is 0. The summed E-state index contributed by atoms with van der Waals surface area (Å²) >= 11 is 4.91. The molecular formula is C14H24N2O2S. The molecule has 0 aliphatic heterocycles. The number of nitrogens with zero attached hydrogens (tertiary/aromatic N) is 1. The zero-order valence-corrected chi connectivity index (χ0v) is 12.5. The van der Waals surface area contributed by atoms with E-state index in [1.54, 1.807) is 7.11 Å². The number of rotatable bonds is 7. The van der Waals surface area contributed by atoms with E-state index in [2.05, 4.69) is 0 Å². The fraction of sp³-hybridized carbons (Fsp3) is 0.857. The van der Waals surface area contributed by atoms with Gasteiger partial charge in [-0.25, -0.2) is 0 Å². The SMILES string of the molecule is COCCN(CCC(N)=S)C(=O)C1CC2CCC1C2. The number of carbonyl (C=O) groups excluding carboxylic acids is 1. The molecule has 2 aliphatic rings. The summed E-state index contributed by atoms with van der Waals surface area (Å²) in [6.07, 6.45) is 5.49. The number of fused-ring (bicyclic) bond motifs is 2. The van der Waals surface area contributed by atoms with Gasteiger partial charge in [0.15, 0.2) is 0 Å². The van der Waals surface area contributed by atoms with Crippen molar-refractivity contribution in [3.8, 4) is 0 Å². The van der Waals surface area contributed by atoms with Gasteiger partial charge >= 0.3 is 0 Å². The molecule has 2 N–H and O–H groups in total. The third-order valence-electron chi connectivity index (χ3n) is 4.56. The van der Waals surface area contributed by atoms with Crippen molar-refractivity contribution >= 4 is 23.1 Å². The van der Waals surface area contributed by atoms with Crippen LogP contribution in [-0.2, 0) is 9.53 Å². The minimum Gasteiger partial charge on any atom is -0.393 e. The number of carbonyl (C=O) groups is 1. The van der Waals surface area contributed by atoms with Gasteiger partial charge in [0.25, 0.3) is 0 Å². The minimum atomic E-state index is 0.238. The van der Waals surface area contributed by atoms with E-state index in [-0.39, 0.29) is 5.92 Å². The molecule has 2 rings (SSSR count). The molecule has 19 heavy (non-hydrogen) atoms. The summed E-state index contributed by atoms with van der Waals surface area (Å²) in [5.41, 5.74) is 5.55. The van der Waals surface area contributed by atoms with E-state index in [0.717, 1.165) is 12.3 Å². The molecule has 0 radical (unpaired) electrons. The Bertz CT molecular complexity index is 348. The van der Waals surface area contributed by atoms with Gasteiger partial charge < -0.3 is 15.4 Å². The highest BCUT2D eigenvalue weighted by Crippen LogP contribution is 2.48. The highest BCUT2D eigenvalue weighted by Gasteiger charge is 2.44. The van der Waals surface area contributed by atoms with Crippen LogP contribution in [0.3, 0.4) is 0 Å². The lowest BCUT2D eigenvalue weighted by Crippen LogP contribution is -2.41. The highest BCUT2D eigenvalue weighted by molar-refractivity contribution is 7.80. The van der Waals surface area contributed by atoms with Crippen molar-refractivity contribution < 1.29 is 9.53 Å².